The molecule has 2 heterocycles. The Kier molecular flexibility index (Phi) is 4.73. The van der Waals surface area contributed by atoms with Gasteiger partial charge in [-0.3, -0.25) is 4.79 Å². The van der Waals surface area contributed by atoms with Gasteiger partial charge in [-0.15, -0.1) is 0 Å². The second-order valence-electron chi connectivity index (χ2n) is 6.52. The summed E-state index contributed by atoms with van der Waals surface area (Å²) in [5.41, 5.74) is 0.289. The molecule has 2 fully saturated rings. The van der Waals surface area contributed by atoms with Crippen molar-refractivity contribution in [2.75, 3.05) is 32.6 Å². The summed E-state index contributed by atoms with van der Waals surface area (Å²) in [5.74, 6) is 1.06. The van der Waals surface area contributed by atoms with Crippen molar-refractivity contribution >= 4 is 15.7 Å². The molecule has 0 spiro atoms. The SMILES string of the molecule is CS(=O)(=O)c1ccccc1C(=O)N1CCC([C@H]2CCOC2)CC1. The molecule has 1 atom stereocenters. The minimum Gasteiger partial charge on any atom is -0.381 e. The van der Waals surface area contributed by atoms with Gasteiger partial charge in [-0.1, -0.05) is 12.1 Å². The Bertz CT molecular complexity index is 672. The fourth-order valence-electron chi connectivity index (χ4n) is 3.64. The molecule has 2 saturated heterocycles. The van der Waals surface area contributed by atoms with Crippen LogP contribution in [-0.2, 0) is 14.6 Å². The highest BCUT2D eigenvalue weighted by Crippen LogP contribution is 2.31. The van der Waals surface area contributed by atoms with E-state index in [9.17, 15) is 13.2 Å². The average Bonchev–Trinajstić information content (AvgIpc) is 3.08. The molecule has 0 saturated carbocycles. The number of carbonyl (C=O) groups is 1. The number of benzene rings is 1. The van der Waals surface area contributed by atoms with Crippen LogP contribution in [0.3, 0.4) is 0 Å². The molecule has 1 amide bonds. The maximum atomic E-state index is 12.7. The number of nitrogens with zero attached hydrogens (tertiary/aromatic N) is 1. The first kappa shape index (κ1) is 16.5. The fourth-order valence-corrected chi connectivity index (χ4v) is 4.52. The van der Waals surface area contributed by atoms with Crippen molar-refractivity contribution in [2.45, 2.75) is 24.2 Å². The molecule has 23 heavy (non-hydrogen) atoms. The number of ether oxygens (including phenoxy) is 1. The molecule has 0 aliphatic carbocycles. The van der Waals surface area contributed by atoms with Crippen molar-refractivity contribution in [3.63, 3.8) is 0 Å². The van der Waals surface area contributed by atoms with E-state index in [1.165, 1.54) is 6.07 Å². The quantitative estimate of drug-likeness (QED) is 0.846. The van der Waals surface area contributed by atoms with Crippen LogP contribution in [0.25, 0.3) is 0 Å². The Balaban J connectivity index is 1.71. The van der Waals surface area contributed by atoms with E-state index in [4.69, 9.17) is 4.74 Å². The van der Waals surface area contributed by atoms with Gasteiger partial charge in [0.25, 0.3) is 5.91 Å². The molecule has 3 rings (SSSR count). The van der Waals surface area contributed by atoms with Gasteiger partial charge < -0.3 is 9.64 Å². The number of carbonyl (C=O) groups excluding carboxylic acids is 1. The molecule has 0 N–H and O–H groups in total. The summed E-state index contributed by atoms with van der Waals surface area (Å²) in [7, 11) is -3.41. The standard InChI is InChI=1S/C17H23NO4S/c1-23(20,21)16-5-3-2-4-15(16)17(19)18-9-6-13(7-10-18)14-8-11-22-12-14/h2-5,13-14H,6-12H2,1H3/t14-/m0/s1. The minimum absolute atomic E-state index is 0.122. The van der Waals surface area contributed by atoms with E-state index in [0.29, 0.717) is 24.9 Å². The predicted molar refractivity (Wildman–Crippen MR) is 87.1 cm³/mol. The highest BCUT2D eigenvalue weighted by atomic mass is 32.2. The Morgan fingerprint density at radius 3 is 2.43 bits per heavy atom. The summed E-state index contributed by atoms with van der Waals surface area (Å²) in [6.07, 6.45) is 4.21. The second kappa shape index (κ2) is 6.61. The zero-order valence-corrected chi connectivity index (χ0v) is 14.2. The van der Waals surface area contributed by atoms with Crippen molar-refractivity contribution in [3.05, 3.63) is 29.8 Å². The summed E-state index contributed by atoms with van der Waals surface area (Å²) in [4.78, 5) is 14.6. The lowest BCUT2D eigenvalue weighted by atomic mass is 9.84. The molecule has 126 valence electrons. The lowest BCUT2D eigenvalue weighted by molar-refractivity contribution is 0.0645. The topological polar surface area (TPSA) is 63.7 Å². The van der Waals surface area contributed by atoms with Gasteiger partial charge in [0.05, 0.1) is 10.5 Å². The van der Waals surface area contributed by atoms with E-state index >= 15 is 0 Å². The van der Waals surface area contributed by atoms with E-state index < -0.39 is 9.84 Å². The van der Waals surface area contributed by atoms with Crippen LogP contribution in [0.15, 0.2) is 29.2 Å². The van der Waals surface area contributed by atoms with Gasteiger partial charge in [0.15, 0.2) is 9.84 Å². The van der Waals surface area contributed by atoms with Crippen molar-refractivity contribution < 1.29 is 17.9 Å². The van der Waals surface area contributed by atoms with Crippen LogP contribution in [0.5, 0.6) is 0 Å². The third kappa shape index (κ3) is 3.58. The first-order valence-corrected chi connectivity index (χ1v) is 10.0. The number of rotatable bonds is 3. The highest BCUT2D eigenvalue weighted by molar-refractivity contribution is 7.90. The van der Waals surface area contributed by atoms with Crippen molar-refractivity contribution in [2.24, 2.45) is 11.8 Å². The molecule has 1 aromatic carbocycles. The lowest BCUT2D eigenvalue weighted by Crippen LogP contribution is -2.40. The third-order valence-electron chi connectivity index (χ3n) is 4.98. The molecule has 5 nitrogen and oxygen atoms in total. The Morgan fingerprint density at radius 2 is 1.83 bits per heavy atom. The fraction of sp³-hybridized carbons (Fsp3) is 0.588. The highest BCUT2D eigenvalue weighted by Gasteiger charge is 2.31. The Hall–Kier alpha value is -1.40. The summed E-state index contributed by atoms with van der Waals surface area (Å²) in [6, 6.07) is 6.48. The molecule has 6 heteroatoms. The molecule has 0 bridgehead atoms. The molecule has 0 radical (unpaired) electrons. The van der Waals surface area contributed by atoms with E-state index in [1.807, 2.05) is 0 Å². The Morgan fingerprint density at radius 1 is 1.13 bits per heavy atom. The van der Waals surface area contributed by atoms with Crippen LogP contribution < -0.4 is 0 Å². The van der Waals surface area contributed by atoms with Crippen LogP contribution in [-0.4, -0.2) is 51.8 Å². The Labute approximate surface area is 137 Å². The van der Waals surface area contributed by atoms with E-state index in [2.05, 4.69) is 0 Å². The molecule has 1 aromatic rings. The summed E-state index contributed by atoms with van der Waals surface area (Å²) in [5, 5.41) is 0. The monoisotopic (exact) mass is 337 g/mol. The molecule has 2 aliphatic heterocycles. The van der Waals surface area contributed by atoms with E-state index in [1.54, 1.807) is 23.1 Å². The van der Waals surface area contributed by atoms with Crippen LogP contribution in [0, 0.1) is 11.8 Å². The van der Waals surface area contributed by atoms with Crippen molar-refractivity contribution in [1.29, 1.82) is 0 Å². The van der Waals surface area contributed by atoms with Crippen molar-refractivity contribution in [3.8, 4) is 0 Å². The number of sulfone groups is 1. The maximum absolute atomic E-state index is 12.7. The number of amides is 1. The first-order valence-electron chi connectivity index (χ1n) is 8.13. The van der Waals surface area contributed by atoms with Gasteiger partial charge in [0.1, 0.15) is 0 Å². The summed E-state index contributed by atoms with van der Waals surface area (Å²) < 4.78 is 29.2. The second-order valence-corrected chi connectivity index (χ2v) is 8.51. The van der Waals surface area contributed by atoms with Gasteiger partial charge in [0.2, 0.25) is 0 Å². The molecule has 0 unspecified atom stereocenters. The maximum Gasteiger partial charge on any atom is 0.255 e. The molecule has 2 aliphatic rings. The van der Waals surface area contributed by atoms with Gasteiger partial charge in [-0.05, 0) is 43.2 Å². The molecular formula is C17H23NO4S. The van der Waals surface area contributed by atoms with Gasteiger partial charge >= 0.3 is 0 Å². The zero-order chi connectivity index (χ0) is 16.4. The average molecular weight is 337 g/mol. The van der Waals surface area contributed by atoms with Gasteiger partial charge in [-0.2, -0.15) is 0 Å². The van der Waals surface area contributed by atoms with E-state index in [0.717, 1.165) is 38.7 Å². The van der Waals surface area contributed by atoms with Crippen LogP contribution in [0.4, 0.5) is 0 Å². The molecule has 0 aromatic heterocycles. The molecular weight excluding hydrogens is 314 g/mol. The normalized spacial score (nSPS) is 23.2. The number of hydrogen-bond donors (Lipinski definition) is 0. The van der Waals surface area contributed by atoms with Crippen LogP contribution in [0.2, 0.25) is 0 Å². The first-order chi connectivity index (χ1) is 11.0. The smallest absolute Gasteiger partial charge is 0.255 e. The van der Waals surface area contributed by atoms with Gasteiger partial charge in [0, 0.05) is 32.6 Å². The number of hydrogen-bond acceptors (Lipinski definition) is 4. The lowest BCUT2D eigenvalue weighted by Gasteiger charge is -2.34. The minimum atomic E-state index is -3.41. The van der Waals surface area contributed by atoms with Crippen LogP contribution >= 0.6 is 0 Å². The van der Waals surface area contributed by atoms with E-state index in [-0.39, 0.29) is 16.4 Å². The van der Waals surface area contributed by atoms with Crippen molar-refractivity contribution in [1.82, 2.24) is 4.90 Å². The number of likely N-dealkylation sites (tertiary alicyclic amines) is 1. The predicted octanol–water partition coefficient (Wildman–Crippen LogP) is 1.98. The van der Waals surface area contributed by atoms with Gasteiger partial charge in [-0.25, -0.2) is 8.42 Å². The zero-order valence-electron chi connectivity index (χ0n) is 13.4. The summed E-state index contributed by atoms with van der Waals surface area (Å²) in [6.45, 7) is 3.08. The third-order valence-corrected chi connectivity index (χ3v) is 6.13. The van der Waals surface area contributed by atoms with Crippen LogP contribution in [0.1, 0.15) is 29.6 Å². The number of piperidine rings is 1. The summed E-state index contributed by atoms with van der Waals surface area (Å²) >= 11 is 0. The largest absolute Gasteiger partial charge is 0.381 e.